The van der Waals surface area contributed by atoms with E-state index >= 15 is 0 Å². The van der Waals surface area contributed by atoms with E-state index in [9.17, 15) is 14.4 Å². The minimum absolute atomic E-state index is 0.153. The number of nitrogens with zero attached hydrogens (tertiary/aromatic N) is 3. The molecule has 0 aliphatic carbocycles. The van der Waals surface area contributed by atoms with Crippen LogP contribution < -0.4 is 10.9 Å². The Hall–Kier alpha value is -3.49. The normalized spacial score (nSPS) is 12.0. The van der Waals surface area contributed by atoms with Crippen molar-refractivity contribution in [3.63, 3.8) is 0 Å². The Bertz CT molecular complexity index is 1110. The monoisotopic (exact) mass is 398 g/mol. The Morgan fingerprint density at radius 1 is 1.21 bits per heavy atom. The minimum atomic E-state index is -0.827. The zero-order chi connectivity index (χ0) is 21.1. The van der Waals surface area contributed by atoms with Crippen LogP contribution in [0.25, 0.3) is 10.9 Å². The summed E-state index contributed by atoms with van der Waals surface area (Å²) in [4.78, 5) is 37.3. The summed E-state index contributed by atoms with van der Waals surface area (Å²) in [6.45, 7) is 7.24. The first kappa shape index (κ1) is 20.2. The van der Waals surface area contributed by atoms with Crippen LogP contribution in [0.15, 0.2) is 33.6 Å². The summed E-state index contributed by atoms with van der Waals surface area (Å²) in [6, 6.07) is 5.50. The summed E-state index contributed by atoms with van der Waals surface area (Å²) < 4.78 is 11.2. The molecule has 0 aliphatic rings. The van der Waals surface area contributed by atoms with Crippen molar-refractivity contribution in [3.8, 4) is 0 Å². The molecule has 0 saturated heterocycles. The van der Waals surface area contributed by atoms with Gasteiger partial charge in [-0.25, -0.2) is 9.48 Å². The van der Waals surface area contributed by atoms with E-state index in [1.807, 2.05) is 0 Å². The molecule has 0 aliphatic heterocycles. The number of benzene rings is 1. The van der Waals surface area contributed by atoms with Gasteiger partial charge in [-0.3, -0.25) is 9.59 Å². The highest BCUT2D eigenvalue weighted by atomic mass is 16.5. The molecule has 2 heterocycles. The molecule has 0 saturated carbocycles. The van der Waals surface area contributed by atoms with Crippen molar-refractivity contribution in [2.75, 3.05) is 11.9 Å². The molecule has 3 aromatic rings. The average Bonchev–Trinajstić information content (AvgIpc) is 3.09. The number of anilines is 1. The molecule has 1 amide bonds. The fourth-order valence-corrected chi connectivity index (χ4v) is 3.12. The third kappa shape index (κ3) is 3.89. The van der Waals surface area contributed by atoms with Crippen LogP contribution in [0.4, 0.5) is 5.69 Å². The lowest BCUT2D eigenvalue weighted by atomic mass is 10.1. The van der Waals surface area contributed by atoms with E-state index in [2.05, 4.69) is 15.6 Å². The highest BCUT2D eigenvalue weighted by Gasteiger charge is 2.25. The molecule has 0 bridgehead atoms. The summed E-state index contributed by atoms with van der Waals surface area (Å²) >= 11 is 0. The fraction of sp³-hybridized carbons (Fsp3) is 0.350. The first-order valence-corrected chi connectivity index (χ1v) is 9.30. The van der Waals surface area contributed by atoms with Crippen molar-refractivity contribution in [2.24, 2.45) is 0 Å². The smallest absolute Gasteiger partial charge is 0.338 e. The second kappa shape index (κ2) is 8.26. The topological polar surface area (TPSA) is 116 Å². The highest BCUT2D eigenvalue weighted by Crippen LogP contribution is 2.20. The number of esters is 1. The molecule has 29 heavy (non-hydrogen) atoms. The number of nitrogens with one attached hydrogen (secondary N) is 1. The van der Waals surface area contributed by atoms with Crippen molar-refractivity contribution in [1.29, 1.82) is 0 Å². The summed E-state index contributed by atoms with van der Waals surface area (Å²) in [7, 11) is 0. The number of aryl methyl sites for hydroxylation is 2. The van der Waals surface area contributed by atoms with Gasteiger partial charge in [0.25, 0.3) is 5.56 Å². The average molecular weight is 398 g/mol. The van der Waals surface area contributed by atoms with E-state index in [1.165, 1.54) is 0 Å². The van der Waals surface area contributed by atoms with Crippen molar-refractivity contribution >= 4 is 28.5 Å². The Balaban J connectivity index is 1.86. The lowest BCUT2D eigenvalue weighted by Gasteiger charge is -2.17. The van der Waals surface area contributed by atoms with E-state index in [0.717, 1.165) is 4.68 Å². The Morgan fingerprint density at radius 2 is 1.90 bits per heavy atom. The standard InChI is InChI=1S/C20H22N4O5/c1-5-15(24-19(26)17-16(11(3)22-24)12(4)29-23-17)18(25)21-14-9-7-13(8-10-14)20(27)28-6-2/h7-10,15H,5-6H2,1-4H3,(H,21,25)/t15-/m1/s1. The number of rotatable bonds is 6. The predicted octanol–water partition coefficient (Wildman–Crippen LogP) is 2.77. The van der Waals surface area contributed by atoms with Gasteiger partial charge in [-0.1, -0.05) is 12.1 Å². The molecular formula is C20H22N4O5. The predicted molar refractivity (Wildman–Crippen MR) is 106 cm³/mol. The molecule has 0 radical (unpaired) electrons. The number of fused-ring (bicyclic) bond motifs is 1. The molecule has 2 aromatic heterocycles. The summed E-state index contributed by atoms with van der Waals surface area (Å²) in [5.41, 5.74) is 1.10. The van der Waals surface area contributed by atoms with Crippen LogP contribution in [0.5, 0.6) is 0 Å². The van der Waals surface area contributed by atoms with Gasteiger partial charge in [0.15, 0.2) is 5.52 Å². The Morgan fingerprint density at radius 3 is 2.52 bits per heavy atom. The molecule has 3 rings (SSSR count). The van der Waals surface area contributed by atoms with Crippen LogP contribution in [-0.4, -0.2) is 33.4 Å². The molecule has 0 unspecified atom stereocenters. The maximum atomic E-state index is 12.8. The van der Waals surface area contributed by atoms with Crippen LogP contribution >= 0.6 is 0 Å². The van der Waals surface area contributed by atoms with Gasteiger partial charge >= 0.3 is 5.97 Å². The third-order valence-electron chi connectivity index (χ3n) is 4.54. The largest absolute Gasteiger partial charge is 0.462 e. The van der Waals surface area contributed by atoms with Crippen LogP contribution in [0, 0.1) is 13.8 Å². The number of aromatic nitrogens is 3. The summed E-state index contributed by atoms with van der Waals surface area (Å²) in [5, 5.41) is 11.4. The fourth-order valence-electron chi connectivity index (χ4n) is 3.12. The highest BCUT2D eigenvalue weighted by molar-refractivity contribution is 5.95. The quantitative estimate of drug-likeness (QED) is 0.635. The molecule has 1 aromatic carbocycles. The maximum absolute atomic E-state index is 12.8. The summed E-state index contributed by atoms with van der Waals surface area (Å²) in [6.07, 6.45) is 0.349. The number of carbonyl (C=O) groups excluding carboxylic acids is 2. The van der Waals surface area contributed by atoms with E-state index in [0.29, 0.717) is 34.5 Å². The van der Waals surface area contributed by atoms with Crippen LogP contribution in [0.2, 0.25) is 0 Å². The third-order valence-corrected chi connectivity index (χ3v) is 4.54. The van der Waals surface area contributed by atoms with Gasteiger partial charge in [0.1, 0.15) is 11.8 Å². The lowest BCUT2D eigenvalue weighted by Crippen LogP contribution is -2.35. The summed E-state index contributed by atoms with van der Waals surface area (Å²) in [5.74, 6) is -0.322. The van der Waals surface area contributed by atoms with Gasteiger partial charge in [0.2, 0.25) is 5.91 Å². The van der Waals surface area contributed by atoms with Gasteiger partial charge in [-0.05, 0) is 51.5 Å². The zero-order valence-corrected chi connectivity index (χ0v) is 16.7. The number of hydrogen-bond acceptors (Lipinski definition) is 7. The number of carbonyl (C=O) groups is 2. The molecule has 0 fully saturated rings. The Kier molecular flexibility index (Phi) is 5.76. The molecule has 9 nitrogen and oxygen atoms in total. The molecular weight excluding hydrogens is 376 g/mol. The molecule has 152 valence electrons. The van der Waals surface area contributed by atoms with Gasteiger partial charge < -0.3 is 14.6 Å². The van der Waals surface area contributed by atoms with Crippen molar-refractivity contribution < 1.29 is 18.8 Å². The first-order chi connectivity index (χ1) is 13.9. The molecule has 9 heteroatoms. The van der Waals surface area contributed by atoms with Crippen LogP contribution in [-0.2, 0) is 9.53 Å². The molecule has 1 atom stereocenters. The zero-order valence-electron chi connectivity index (χ0n) is 16.7. The van der Waals surface area contributed by atoms with Gasteiger partial charge in [-0.2, -0.15) is 5.10 Å². The van der Waals surface area contributed by atoms with Crippen LogP contribution in [0.3, 0.4) is 0 Å². The van der Waals surface area contributed by atoms with Gasteiger partial charge in [0.05, 0.1) is 23.3 Å². The number of amides is 1. The van der Waals surface area contributed by atoms with E-state index < -0.39 is 23.5 Å². The van der Waals surface area contributed by atoms with E-state index in [4.69, 9.17) is 9.26 Å². The lowest BCUT2D eigenvalue weighted by molar-refractivity contribution is -0.119. The van der Waals surface area contributed by atoms with E-state index in [1.54, 1.807) is 52.0 Å². The van der Waals surface area contributed by atoms with Gasteiger partial charge in [-0.15, -0.1) is 0 Å². The number of hydrogen-bond donors (Lipinski definition) is 1. The van der Waals surface area contributed by atoms with Crippen molar-refractivity contribution in [2.45, 2.75) is 40.2 Å². The van der Waals surface area contributed by atoms with Crippen LogP contribution in [0.1, 0.15) is 48.1 Å². The SMILES string of the molecule is CCOC(=O)c1ccc(NC(=O)[C@@H](CC)n2nc(C)c3c(C)onc3c2=O)cc1. The minimum Gasteiger partial charge on any atom is -0.462 e. The first-order valence-electron chi connectivity index (χ1n) is 9.30. The molecule has 0 spiro atoms. The second-order valence-electron chi connectivity index (χ2n) is 6.51. The molecule has 1 N–H and O–H groups in total. The number of ether oxygens (including phenoxy) is 1. The van der Waals surface area contributed by atoms with Crippen molar-refractivity contribution in [1.82, 2.24) is 14.9 Å². The maximum Gasteiger partial charge on any atom is 0.338 e. The van der Waals surface area contributed by atoms with E-state index in [-0.39, 0.29) is 12.1 Å². The van der Waals surface area contributed by atoms with Crippen molar-refractivity contribution in [3.05, 3.63) is 51.6 Å². The van der Waals surface area contributed by atoms with Gasteiger partial charge in [0, 0.05) is 5.69 Å². The Labute approximate surface area is 166 Å². The second-order valence-corrected chi connectivity index (χ2v) is 6.51.